The van der Waals surface area contributed by atoms with Crippen molar-refractivity contribution in [3.05, 3.63) is 0 Å². The second-order valence-corrected chi connectivity index (χ2v) is 5.62. The quantitative estimate of drug-likeness (QED) is 0.246. The maximum absolute atomic E-state index is 10.7. The molecule has 0 spiro atoms. The highest BCUT2D eigenvalue weighted by Gasteiger charge is 2.37. The van der Waals surface area contributed by atoms with E-state index in [2.05, 4.69) is 32.9 Å². The molecule has 0 amide bonds. The smallest absolute Gasteiger partial charge is 0.101 e. The highest BCUT2D eigenvalue weighted by atomic mass is 16.4. The average molecular weight is 271 g/mol. The standard InChI is InChI=1S/C16H33NO2/c1-5-9-11-12-14(17-19)15(18)16(7-3,8-4)13-10-6-2/h15,18-19H,5-13H2,1-4H3. The van der Waals surface area contributed by atoms with Crippen LogP contribution < -0.4 is 0 Å². The summed E-state index contributed by atoms with van der Waals surface area (Å²) in [6, 6.07) is 0. The fraction of sp³-hybridized carbons (Fsp3) is 0.938. The molecule has 0 fully saturated rings. The number of oxime groups is 1. The lowest BCUT2D eigenvalue weighted by atomic mass is 9.71. The number of rotatable bonds is 11. The number of aliphatic hydroxyl groups is 1. The lowest BCUT2D eigenvalue weighted by Crippen LogP contribution is -2.40. The molecular weight excluding hydrogens is 238 g/mol. The molecule has 0 aromatic carbocycles. The van der Waals surface area contributed by atoms with Crippen molar-refractivity contribution in [3.8, 4) is 0 Å². The van der Waals surface area contributed by atoms with Gasteiger partial charge in [-0.25, -0.2) is 0 Å². The van der Waals surface area contributed by atoms with Gasteiger partial charge in [0.05, 0.1) is 5.71 Å². The summed E-state index contributed by atoms with van der Waals surface area (Å²) in [5, 5.41) is 23.3. The van der Waals surface area contributed by atoms with Gasteiger partial charge in [0.25, 0.3) is 0 Å². The first-order chi connectivity index (χ1) is 9.11. The van der Waals surface area contributed by atoms with Crippen LogP contribution in [0.1, 0.15) is 85.5 Å². The Hall–Kier alpha value is -0.570. The Kier molecular flexibility index (Phi) is 9.94. The van der Waals surface area contributed by atoms with Crippen LogP contribution in [0.25, 0.3) is 0 Å². The Balaban J connectivity index is 4.78. The Morgan fingerprint density at radius 1 is 1.00 bits per heavy atom. The Labute approximate surface area is 119 Å². The number of nitrogens with zero attached hydrogens (tertiary/aromatic N) is 1. The highest BCUT2D eigenvalue weighted by molar-refractivity contribution is 5.88. The predicted octanol–water partition coefficient (Wildman–Crippen LogP) is 4.75. The Morgan fingerprint density at radius 2 is 1.58 bits per heavy atom. The molecule has 0 radical (unpaired) electrons. The van der Waals surface area contributed by atoms with Crippen molar-refractivity contribution in [3.63, 3.8) is 0 Å². The van der Waals surface area contributed by atoms with Crippen molar-refractivity contribution in [1.82, 2.24) is 0 Å². The van der Waals surface area contributed by atoms with Gasteiger partial charge in [0.15, 0.2) is 0 Å². The topological polar surface area (TPSA) is 52.8 Å². The first-order valence-electron chi connectivity index (χ1n) is 8.00. The lowest BCUT2D eigenvalue weighted by Gasteiger charge is -2.37. The van der Waals surface area contributed by atoms with Crippen molar-refractivity contribution >= 4 is 5.71 Å². The zero-order valence-corrected chi connectivity index (χ0v) is 13.3. The molecule has 0 saturated heterocycles. The van der Waals surface area contributed by atoms with Crippen LogP contribution in [0.2, 0.25) is 0 Å². The van der Waals surface area contributed by atoms with Gasteiger partial charge in [-0.3, -0.25) is 0 Å². The summed E-state index contributed by atoms with van der Waals surface area (Å²) >= 11 is 0. The lowest BCUT2D eigenvalue weighted by molar-refractivity contribution is 0.0538. The van der Waals surface area contributed by atoms with Crippen LogP contribution in [-0.2, 0) is 0 Å². The molecule has 0 aromatic rings. The molecular formula is C16H33NO2. The van der Waals surface area contributed by atoms with Crippen molar-refractivity contribution < 1.29 is 10.3 Å². The van der Waals surface area contributed by atoms with E-state index in [1.54, 1.807) is 0 Å². The van der Waals surface area contributed by atoms with E-state index in [4.69, 9.17) is 0 Å². The number of hydrogen-bond acceptors (Lipinski definition) is 3. The fourth-order valence-electron chi connectivity index (χ4n) is 2.81. The van der Waals surface area contributed by atoms with Crippen molar-refractivity contribution in [2.75, 3.05) is 0 Å². The van der Waals surface area contributed by atoms with Crippen molar-refractivity contribution in [2.45, 2.75) is 91.6 Å². The van der Waals surface area contributed by atoms with Crippen LogP contribution >= 0.6 is 0 Å². The minimum absolute atomic E-state index is 0.121. The summed E-state index contributed by atoms with van der Waals surface area (Å²) in [6.07, 6.45) is 8.46. The molecule has 0 rings (SSSR count). The van der Waals surface area contributed by atoms with E-state index in [1.165, 1.54) is 0 Å². The third-order valence-electron chi connectivity index (χ3n) is 4.50. The molecule has 1 unspecified atom stereocenters. The first kappa shape index (κ1) is 18.4. The molecule has 19 heavy (non-hydrogen) atoms. The third kappa shape index (κ3) is 5.52. The maximum Gasteiger partial charge on any atom is 0.101 e. The summed E-state index contributed by atoms with van der Waals surface area (Å²) in [4.78, 5) is 0. The van der Waals surface area contributed by atoms with Crippen LogP contribution in [0, 0.1) is 5.41 Å². The third-order valence-corrected chi connectivity index (χ3v) is 4.50. The zero-order chi connectivity index (χ0) is 14.7. The van der Waals surface area contributed by atoms with Crippen LogP contribution in [0.3, 0.4) is 0 Å². The van der Waals surface area contributed by atoms with Gasteiger partial charge in [-0.2, -0.15) is 0 Å². The van der Waals surface area contributed by atoms with E-state index >= 15 is 0 Å². The summed E-state index contributed by atoms with van der Waals surface area (Å²) in [5.74, 6) is 0. The molecule has 3 heteroatoms. The second kappa shape index (κ2) is 10.2. The van der Waals surface area contributed by atoms with E-state index in [-0.39, 0.29) is 5.41 Å². The van der Waals surface area contributed by atoms with Gasteiger partial charge in [0.2, 0.25) is 0 Å². The number of unbranched alkanes of at least 4 members (excludes halogenated alkanes) is 3. The normalized spacial score (nSPS) is 14.7. The van der Waals surface area contributed by atoms with Crippen molar-refractivity contribution in [1.29, 1.82) is 0 Å². The van der Waals surface area contributed by atoms with E-state index in [1.807, 2.05) is 0 Å². The van der Waals surface area contributed by atoms with Crippen LogP contribution in [0.5, 0.6) is 0 Å². The molecule has 0 heterocycles. The molecule has 0 aliphatic carbocycles. The summed E-state index contributed by atoms with van der Waals surface area (Å²) in [6.45, 7) is 8.58. The monoisotopic (exact) mass is 271 g/mol. The summed E-state index contributed by atoms with van der Waals surface area (Å²) in [5.41, 5.74) is 0.456. The number of aliphatic hydroxyl groups excluding tert-OH is 1. The molecule has 3 nitrogen and oxygen atoms in total. The Bertz CT molecular complexity index is 247. The van der Waals surface area contributed by atoms with E-state index in [9.17, 15) is 10.3 Å². The van der Waals surface area contributed by atoms with Gasteiger partial charge >= 0.3 is 0 Å². The minimum atomic E-state index is -0.601. The minimum Gasteiger partial charge on any atom is -0.411 e. The van der Waals surface area contributed by atoms with Crippen LogP contribution in [0.15, 0.2) is 5.16 Å². The van der Waals surface area contributed by atoms with Crippen LogP contribution in [-0.4, -0.2) is 22.1 Å². The van der Waals surface area contributed by atoms with E-state index in [0.717, 1.165) is 51.4 Å². The van der Waals surface area contributed by atoms with Gasteiger partial charge in [0, 0.05) is 5.41 Å². The Morgan fingerprint density at radius 3 is 2.00 bits per heavy atom. The zero-order valence-electron chi connectivity index (χ0n) is 13.3. The maximum atomic E-state index is 10.7. The largest absolute Gasteiger partial charge is 0.411 e. The van der Waals surface area contributed by atoms with E-state index < -0.39 is 6.10 Å². The summed E-state index contributed by atoms with van der Waals surface area (Å²) < 4.78 is 0. The molecule has 0 saturated carbocycles. The van der Waals surface area contributed by atoms with Gasteiger partial charge in [-0.15, -0.1) is 0 Å². The van der Waals surface area contributed by atoms with Gasteiger partial charge < -0.3 is 10.3 Å². The molecule has 0 aromatic heterocycles. The van der Waals surface area contributed by atoms with Crippen molar-refractivity contribution in [2.24, 2.45) is 10.6 Å². The van der Waals surface area contributed by atoms with Gasteiger partial charge in [0.1, 0.15) is 6.10 Å². The highest BCUT2D eigenvalue weighted by Crippen LogP contribution is 2.37. The van der Waals surface area contributed by atoms with Gasteiger partial charge in [-0.05, 0) is 32.1 Å². The summed E-state index contributed by atoms with van der Waals surface area (Å²) in [7, 11) is 0. The van der Waals surface area contributed by atoms with Crippen LogP contribution in [0.4, 0.5) is 0 Å². The average Bonchev–Trinajstić information content (AvgIpc) is 2.45. The molecule has 2 N–H and O–H groups in total. The second-order valence-electron chi connectivity index (χ2n) is 5.62. The van der Waals surface area contributed by atoms with Gasteiger partial charge in [-0.1, -0.05) is 58.5 Å². The molecule has 0 aliphatic rings. The fourth-order valence-corrected chi connectivity index (χ4v) is 2.81. The molecule has 0 bridgehead atoms. The molecule has 0 aliphatic heterocycles. The first-order valence-corrected chi connectivity index (χ1v) is 8.00. The van der Waals surface area contributed by atoms with E-state index in [0.29, 0.717) is 12.1 Å². The molecule has 1 atom stereocenters. The number of hydrogen-bond donors (Lipinski definition) is 2. The SMILES string of the molecule is CCCCCC(=NO)C(O)C(CC)(CC)CCCC. The molecule has 114 valence electrons. The predicted molar refractivity (Wildman–Crippen MR) is 81.9 cm³/mol.